The van der Waals surface area contributed by atoms with Crippen molar-refractivity contribution >= 4 is 23.2 Å². The summed E-state index contributed by atoms with van der Waals surface area (Å²) in [7, 11) is 0. The Kier molecular flexibility index (Phi) is 4.77. The van der Waals surface area contributed by atoms with Gasteiger partial charge in [0.2, 0.25) is 0 Å². The molecule has 0 heterocycles. The second-order valence-electron chi connectivity index (χ2n) is 6.15. The molecule has 2 rings (SSSR count). The van der Waals surface area contributed by atoms with E-state index >= 15 is 0 Å². The molecule has 2 aromatic rings. The SMILES string of the molecule is Cc1ccc(N)cc1C(=O)NCC(C)(C)c1ccc(Cl)cc1. The molecule has 0 saturated heterocycles. The number of halogens is 1. The molecule has 0 atom stereocenters. The zero-order valence-electron chi connectivity index (χ0n) is 13.1. The van der Waals surface area contributed by atoms with E-state index in [4.69, 9.17) is 17.3 Å². The van der Waals surface area contributed by atoms with Gasteiger partial charge in [-0.05, 0) is 42.3 Å². The van der Waals surface area contributed by atoms with Crippen LogP contribution in [0.3, 0.4) is 0 Å². The number of carbonyl (C=O) groups is 1. The molecule has 0 fully saturated rings. The molecular weight excluding hydrogens is 296 g/mol. The summed E-state index contributed by atoms with van der Waals surface area (Å²) in [5.41, 5.74) is 8.82. The van der Waals surface area contributed by atoms with Crippen molar-refractivity contribution in [2.75, 3.05) is 12.3 Å². The van der Waals surface area contributed by atoms with E-state index in [1.807, 2.05) is 37.3 Å². The van der Waals surface area contributed by atoms with Gasteiger partial charge in [-0.25, -0.2) is 0 Å². The molecule has 22 heavy (non-hydrogen) atoms. The van der Waals surface area contributed by atoms with E-state index in [9.17, 15) is 4.79 Å². The molecule has 0 spiro atoms. The highest BCUT2D eigenvalue weighted by atomic mass is 35.5. The second kappa shape index (κ2) is 6.41. The van der Waals surface area contributed by atoms with Crippen LogP contribution in [0.15, 0.2) is 42.5 Å². The number of benzene rings is 2. The number of nitrogen functional groups attached to an aromatic ring is 1. The number of nitrogens with one attached hydrogen (secondary N) is 1. The van der Waals surface area contributed by atoms with Gasteiger partial charge >= 0.3 is 0 Å². The summed E-state index contributed by atoms with van der Waals surface area (Å²) < 4.78 is 0. The Morgan fingerprint density at radius 3 is 2.45 bits per heavy atom. The fourth-order valence-electron chi connectivity index (χ4n) is 2.28. The average Bonchev–Trinajstić information content (AvgIpc) is 2.48. The number of anilines is 1. The van der Waals surface area contributed by atoms with E-state index in [0.29, 0.717) is 22.8 Å². The molecular formula is C18H21ClN2O. The molecule has 1 amide bonds. The van der Waals surface area contributed by atoms with E-state index < -0.39 is 0 Å². The lowest BCUT2D eigenvalue weighted by molar-refractivity contribution is 0.0945. The molecule has 4 heteroatoms. The van der Waals surface area contributed by atoms with Crippen LogP contribution in [0.5, 0.6) is 0 Å². The summed E-state index contributed by atoms with van der Waals surface area (Å²) in [5, 5.41) is 3.70. The molecule has 0 aliphatic heterocycles. The summed E-state index contributed by atoms with van der Waals surface area (Å²) in [5.74, 6) is -0.105. The normalized spacial score (nSPS) is 11.3. The molecule has 0 aliphatic rings. The maximum atomic E-state index is 12.4. The Morgan fingerprint density at radius 1 is 1.18 bits per heavy atom. The minimum atomic E-state index is -0.186. The molecule has 0 aromatic heterocycles. The van der Waals surface area contributed by atoms with Gasteiger partial charge < -0.3 is 11.1 Å². The van der Waals surface area contributed by atoms with Gasteiger partial charge in [0.1, 0.15) is 0 Å². The quantitative estimate of drug-likeness (QED) is 0.839. The third kappa shape index (κ3) is 3.80. The highest BCUT2D eigenvalue weighted by Crippen LogP contribution is 2.24. The lowest BCUT2D eigenvalue weighted by Gasteiger charge is -2.26. The van der Waals surface area contributed by atoms with E-state index in [2.05, 4.69) is 19.2 Å². The topological polar surface area (TPSA) is 55.1 Å². The summed E-state index contributed by atoms with van der Waals surface area (Å²) in [6, 6.07) is 13.1. The number of hydrogen-bond acceptors (Lipinski definition) is 2. The van der Waals surface area contributed by atoms with Crippen LogP contribution in [0.4, 0.5) is 5.69 Å². The Balaban J connectivity index is 2.09. The highest BCUT2D eigenvalue weighted by molar-refractivity contribution is 6.30. The van der Waals surface area contributed by atoms with Crippen LogP contribution in [0.1, 0.15) is 35.3 Å². The van der Waals surface area contributed by atoms with Crippen LogP contribution >= 0.6 is 11.6 Å². The van der Waals surface area contributed by atoms with Crippen molar-refractivity contribution in [3.63, 3.8) is 0 Å². The van der Waals surface area contributed by atoms with Crippen LogP contribution in [0.25, 0.3) is 0 Å². The smallest absolute Gasteiger partial charge is 0.251 e. The number of carbonyl (C=O) groups excluding carboxylic acids is 1. The highest BCUT2D eigenvalue weighted by Gasteiger charge is 2.22. The van der Waals surface area contributed by atoms with Gasteiger partial charge in [-0.1, -0.05) is 43.6 Å². The Hall–Kier alpha value is -2.00. The zero-order valence-corrected chi connectivity index (χ0v) is 13.9. The second-order valence-corrected chi connectivity index (χ2v) is 6.58. The molecule has 0 aliphatic carbocycles. The van der Waals surface area contributed by atoms with E-state index in [1.54, 1.807) is 12.1 Å². The third-order valence-corrected chi connectivity index (χ3v) is 4.07. The molecule has 2 aromatic carbocycles. The van der Waals surface area contributed by atoms with Gasteiger partial charge in [-0.3, -0.25) is 4.79 Å². The van der Waals surface area contributed by atoms with Gasteiger partial charge in [0, 0.05) is 28.2 Å². The number of aryl methyl sites for hydroxylation is 1. The van der Waals surface area contributed by atoms with Crippen molar-refractivity contribution in [1.29, 1.82) is 0 Å². The molecule has 116 valence electrons. The zero-order chi connectivity index (χ0) is 16.3. The first kappa shape index (κ1) is 16.4. The number of amides is 1. The van der Waals surface area contributed by atoms with Crippen molar-refractivity contribution in [3.8, 4) is 0 Å². The first-order chi connectivity index (χ1) is 10.3. The van der Waals surface area contributed by atoms with Crippen molar-refractivity contribution in [3.05, 3.63) is 64.2 Å². The number of nitrogens with two attached hydrogens (primary N) is 1. The summed E-state index contributed by atoms with van der Waals surface area (Å²) >= 11 is 5.92. The fraction of sp³-hybridized carbons (Fsp3) is 0.278. The Bertz CT molecular complexity index is 678. The van der Waals surface area contributed by atoms with Gasteiger partial charge in [0.15, 0.2) is 0 Å². The molecule has 0 unspecified atom stereocenters. The standard InChI is InChI=1S/C18H21ClN2O/c1-12-4-9-15(20)10-16(12)17(22)21-11-18(2,3)13-5-7-14(19)8-6-13/h4-10H,11,20H2,1-3H3,(H,21,22). The largest absolute Gasteiger partial charge is 0.399 e. The van der Waals surface area contributed by atoms with E-state index in [1.165, 1.54) is 0 Å². The van der Waals surface area contributed by atoms with Crippen LogP contribution in [0.2, 0.25) is 5.02 Å². The van der Waals surface area contributed by atoms with Gasteiger partial charge in [-0.15, -0.1) is 0 Å². The van der Waals surface area contributed by atoms with Gasteiger partial charge in [0.25, 0.3) is 5.91 Å². The van der Waals surface area contributed by atoms with Crippen LogP contribution in [0, 0.1) is 6.92 Å². The molecule has 3 N–H and O–H groups in total. The van der Waals surface area contributed by atoms with Crippen molar-refractivity contribution in [2.45, 2.75) is 26.2 Å². The van der Waals surface area contributed by atoms with Crippen LogP contribution in [-0.2, 0) is 5.41 Å². The van der Waals surface area contributed by atoms with Crippen molar-refractivity contribution < 1.29 is 4.79 Å². The van der Waals surface area contributed by atoms with Crippen LogP contribution < -0.4 is 11.1 Å². The molecule has 3 nitrogen and oxygen atoms in total. The minimum absolute atomic E-state index is 0.105. The first-order valence-electron chi connectivity index (χ1n) is 7.20. The van der Waals surface area contributed by atoms with Crippen molar-refractivity contribution in [2.24, 2.45) is 0 Å². The lowest BCUT2D eigenvalue weighted by atomic mass is 9.84. The number of hydrogen-bond donors (Lipinski definition) is 2. The molecule has 0 bridgehead atoms. The first-order valence-corrected chi connectivity index (χ1v) is 7.58. The Labute approximate surface area is 136 Å². The summed E-state index contributed by atoms with van der Waals surface area (Å²) in [6.45, 7) is 6.60. The maximum absolute atomic E-state index is 12.4. The maximum Gasteiger partial charge on any atom is 0.251 e. The predicted molar refractivity (Wildman–Crippen MR) is 92.4 cm³/mol. The van der Waals surface area contributed by atoms with Gasteiger partial charge in [0.05, 0.1) is 0 Å². The van der Waals surface area contributed by atoms with Crippen LogP contribution in [-0.4, -0.2) is 12.5 Å². The number of rotatable bonds is 4. The third-order valence-electron chi connectivity index (χ3n) is 3.82. The summed E-state index contributed by atoms with van der Waals surface area (Å²) in [6.07, 6.45) is 0. The molecule has 0 saturated carbocycles. The minimum Gasteiger partial charge on any atom is -0.399 e. The lowest BCUT2D eigenvalue weighted by Crippen LogP contribution is -2.37. The average molecular weight is 317 g/mol. The monoisotopic (exact) mass is 316 g/mol. The summed E-state index contributed by atoms with van der Waals surface area (Å²) in [4.78, 5) is 12.4. The van der Waals surface area contributed by atoms with Gasteiger partial charge in [-0.2, -0.15) is 0 Å². The van der Waals surface area contributed by atoms with E-state index in [0.717, 1.165) is 11.1 Å². The van der Waals surface area contributed by atoms with Crippen molar-refractivity contribution in [1.82, 2.24) is 5.32 Å². The predicted octanol–water partition coefficient (Wildman–Crippen LogP) is 3.94. The van der Waals surface area contributed by atoms with E-state index in [-0.39, 0.29) is 11.3 Å². The molecule has 0 radical (unpaired) electrons. The fourth-order valence-corrected chi connectivity index (χ4v) is 2.41. The Morgan fingerprint density at radius 2 is 1.82 bits per heavy atom.